The number of hydrogen-bond acceptors (Lipinski definition) is 3. The smallest absolute Gasteiger partial charge is 0.332 e. The summed E-state index contributed by atoms with van der Waals surface area (Å²) < 4.78 is 6.08. The summed E-state index contributed by atoms with van der Waals surface area (Å²) in [6, 6.07) is 7.30. The van der Waals surface area contributed by atoms with E-state index >= 15 is 0 Å². The van der Waals surface area contributed by atoms with Gasteiger partial charge < -0.3 is 9.64 Å². The van der Waals surface area contributed by atoms with E-state index in [1.54, 1.807) is 17.0 Å². The van der Waals surface area contributed by atoms with Gasteiger partial charge in [0.25, 0.3) is 5.91 Å². The van der Waals surface area contributed by atoms with Gasteiger partial charge in [0.2, 0.25) is 0 Å². The van der Waals surface area contributed by atoms with Gasteiger partial charge in [-0.15, -0.1) is 0 Å². The summed E-state index contributed by atoms with van der Waals surface area (Å²) in [6.07, 6.45) is 3.37. The van der Waals surface area contributed by atoms with Crippen LogP contribution < -0.4 is 0 Å². The predicted molar refractivity (Wildman–Crippen MR) is 77.3 cm³/mol. The van der Waals surface area contributed by atoms with E-state index in [2.05, 4.69) is 15.9 Å². The van der Waals surface area contributed by atoms with Crippen LogP contribution in [0.15, 0.2) is 28.7 Å². The van der Waals surface area contributed by atoms with E-state index in [1.165, 1.54) is 0 Å². The van der Waals surface area contributed by atoms with Crippen LogP contribution >= 0.6 is 15.9 Å². The number of hydrogen-bond donors (Lipinski definition) is 0. The van der Waals surface area contributed by atoms with Crippen molar-refractivity contribution in [3.8, 4) is 0 Å². The molecule has 1 saturated heterocycles. The molecule has 1 aliphatic heterocycles. The van der Waals surface area contributed by atoms with Crippen molar-refractivity contribution in [2.24, 2.45) is 0 Å². The van der Waals surface area contributed by atoms with E-state index < -0.39 is 5.54 Å². The number of morpholine rings is 1. The monoisotopic (exact) mass is 337 g/mol. The van der Waals surface area contributed by atoms with E-state index in [1.807, 2.05) is 12.1 Å². The summed E-state index contributed by atoms with van der Waals surface area (Å²) in [5.41, 5.74) is -0.113. The van der Waals surface area contributed by atoms with E-state index in [4.69, 9.17) is 4.74 Å². The number of nitrogens with zero attached hydrogens (tertiary/aromatic N) is 1. The van der Waals surface area contributed by atoms with Gasteiger partial charge in [0.15, 0.2) is 0 Å². The van der Waals surface area contributed by atoms with Crippen molar-refractivity contribution >= 4 is 27.8 Å². The molecule has 0 bridgehead atoms. The van der Waals surface area contributed by atoms with Gasteiger partial charge in [0, 0.05) is 10.0 Å². The molecular formula is C15H16BrNO3. The molecule has 1 aromatic carbocycles. The molecule has 1 aliphatic carbocycles. The van der Waals surface area contributed by atoms with Crippen molar-refractivity contribution in [1.82, 2.24) is 4.90 Å². The Morgan fingerprint density at radius 3 is 2.75 bits per heavy atom. The third-order valence-electron chi connectivity index (χ3n) is 4.19. The molecule has 1 heterocycles. The van der Waals surface area contributed by atoms with Crippen LogP contribution in [0.3, 0.4) is 0 Å². The molecule has 1 spiro atoms. The number of rotatable bonds is 1. The average Bonchev–Trinajstić information content (AvgIpc) is 2.92. The number of esters is 1. The Labute approximate surface area is 126 Å². The Morgan fingerprint density at radius 2 is 2.05 bits per heavy atom. The van der Waals surface area contributed by atoms with Gasteiger partial charge in [-0.05, 0) is 31.0 Å². The highest BCUT2D eigenvalue weighted by Gasteiger charge is 2.51. The molecule has 0 unspecified atom stereocenters. The second kappa shape index (κ2) is 5.20. The maximum absolute atomic E-state index is 12.8. The zero-order chi connectivity index (χ0) is 14.2. The van der Waals surface area contributed by atoms with Crippen molar-refractivity contribution in [3.05, 3.63) is 34.3 Å². The van der Waals surface area contributed by atoms with Crippen molar-refractivity contribution in [3.63, 3.8) is 0 Å². The Hall–Kier alpha value is -1.36. The number of carbonyl (C=O) groups excluding carboxylic acids is 2. The van der Waals surface area contributed by atoms with Gasteiger partial charge in [-0.3, -0.25) is 4.79 Å². The molecule has 2 fully saturated rings. The second-order valence-corrected chi connectivity index (χ2v) is 6.26. The molecule has 1 saturated carbocycles. The highest BCUT2D eigenvalue weighted by Crippen LogP contribution is 2.39. The topological polar surface area (TPSA) is 46.6 Å². The minimum atomic E-state index is -0.725. The summed E-state index contributed by atoms with van der Waals surface area (Å²) >= 11 is 3.38. The molecule has 1 amide bonds. The first-order chi connectivity index (χ1) is 9.63. The number of benzene rings is 1. The Bertz CT molecular complexity index is 552. The third-order valence-corrected chi connectivity index (χ3v) is 4.69. The summed E-state index contributed by atoms with van der Waals surface area (Å²) in [4.78, 5) is 26.7. The van der Waals surface area contributed by atoms with Crippen molar-refractivity contribution in [2.75, 3.05) is 13.2 Å². The molecule has 5 heteroatoms. The molecule has 4 nitrogen and oxygen atoms in total. The minimum Gasteiger partial charge on any atom is -0.462 e. The lowest BCUT2D eigenvalue weighted by Gasteiger charge is -2.42. The fraction of sp³-hybridized carbons (Fsp3) is 0.467. The Balaban J connectivity index is 1.94. The maximum Gasteiger partial charge on any atom is 0.332 e. The second-order valence-electron chi connectivity index (χ2n) is 5.34. The quantitative estimate of drug-likeness (QED) is 0.740. The average molecular weight is 338 g/mol. The van der Waals surface area contributed by atoms with Gasteiger partial charge in [0.05, 0.1) is 6.54 Å². The van der Waals surface area contributed by atoms with Crippen molar-refractivity contribution in [1.29, 1.82) is 0 Å². The Kier molecular flexibility index (Phi) is 3.54. The largest absolute Gasteiger partial charge is 0.462 e. The first kappa shape index (κ1) is 13.6. The highest BCUT2D eigenvalue weighted by atomic mass is 79.9. The number of amides is 1. The van der Waals surface area contributed by atoms with Crippen molar-refractivity contribution < 1.29 is 14.3 Å². The first-order valence-corrected chi connectivity index (χ1v) is 7.67. The van der Waals surface area contributed by atoms with Crippen LogP contribution in [-0.4, -0.2) is 35.5 Å². The lowest BCUT2D eigenvalue weighted by molar-refractivity contribution is -0.164. The normalized spacial score (nSPS) is 21.1. The number of ether oxygens (including phenoxy) is 1. The molecule has 0 atom stereocenters. The van der Waals surface area contributed by atoms with Gasteiger partial charge >= 0.3 is 5.97 Å². The molecule has 106 valence electrons. The summed E-state index contributed by atoms with van der Waals surface area (Å²) in [5.74, 6) is -0.311. The molecule has 0 radical (unpaired) electrons. The number of cyclic esters (lactones) is 1. The van der Waals surface area contributed by atoms with E-state index in [-0.39, 0.29) is 11.9 Å². The van der Waals surface area contributed by atoms with E-state index in [9.17, 15) is 9.59 Å². The summed E-state index contributed by atoms with van der Waals surface area (Å²) in [6.45, 7) is 0.775. The van der Waals surface area contributed by atoms with Crippen LogP contribution in [0.25, 0.3) is 0 Å². The molecule has 2 aliphatic rings. The van der Waals surface area contributed by atoms with Gasteiger partial charge in [-0.2, -0.15) is 0 Å². The minimum absolute atomic E-state index is 0.0788. The first-order valence-electron chi connectivity index (χ1n) is 6.88. The predicted octanol–water partition coefficient (Wildman–Crippen LogP) is 2.76. The summed E-state index contributed by atoms with van der Waals surface area (Å²) in [7, 11) is 0. The zero-order valence-corrected chi connectivity index (χ0v) is 12.7. The standard InChI is InChI=1S/C15H16BrNO3/c16-12-5-3-4-11(10-12)13(18)17-8-9-20-14(19)15(17)6-1-2-7-15/h3-5,10H,1-2,6-9H2. The maximum atomic E-state index is 12.8. The lowest BCUT2D eigenvalue weighted by atomic mass is 9.92. The molecule has 0 aromatic heterocycles. The molecule has 20 heavy (non-hydrogen) atoms. The van der Waals surface area contributed by atoms with E-state index in [0.717, 1.165) is 17.3 Å². The van der Waals surface area contributed by atoms with E-state index in [0.29, 0.717) is 31.6 Å². The zero-order valence-electron chi connectivity index (χ0n) is 11.1. The molecule has 0 N–H and O–H groups in total. The molecular weight excluding hydrogens is 322 g/mol. The van der Waals surface area contributed by atoms with Gasteiger partial charge in [-0.25, -0.2) is 4.79 Å². The number of carbonyl (C=O) groups is 2. The van der Waals surface area contributed by atoms with Crippen LogP contribution in [0.4, 0.5) is 0 Å². The SMILES string of the molecule is O=C(c1cccc(Br)c1)N1CCOC(=O)C12CCCC2. The highest BCUT2D eigenvalue weighted by molar-refractivity contribution is 9.10. The fourth-order valence-electron chi connectivity index (χ4n) is 3.20. The van der Waals surface area contributed by atoms with Crippen molar-refractivity contribution in [2.45, 2.75) is 31.2 Å². The molecule has 1 aromatic rings. The van der Waals surface area contributed by atoms with Gasteiger partial charge in [0.1, 0.15) is 12.1 Å². The third kappa shape index (κ3) is 2.14. The Morgan fingerprint density at radius 1 is 1.30 bits per heavy atom. The van der Waals surface area contributed by atoms with Gasteiger partial charge in [-0.1, -0.05) is 34.8 Å². The lowest BCUT2D eigenvalue weighted by Crippen LogP contribution is -2.60. The van der Waals surface area contributed by atoms with Crippen LogP contribution in [-0.2, 0) is 9.53 Å². The van der Waals surface area contributed by atoms with Crippen LogP contribution in [0.2, 0.25) is 0 Å². The van der Waals surface area contributed by atoms with Crippen LogP contribution in [0.5, 0.6) is 0 Å². The number of halogens is 1. The summed E-state index contributed by atoms with van der Waals surface area (Å²) in [5, 5.41) is 0. The van der Waals surface area contributed by atoms with Crippen LogP contribution in [0, 0.1) is 0 Å². The fourth-order valence-corrected chi connectivity index (χ4v) is 3.59. The van der Waals surface area contributed by atoms with Crippen LogP contribution in [0.1, 0.15) is 36.0 Å². The molecule has 3 rings (SSSR count).